The van der Waals surface area contributed by atoms with Gasteiger partial charge < -0.3 is 15.4 Å². The number of nitrogens with zero attached hydrogens (tertiary/aromatic N) is 1. The Morgan fingerprint density at radius 2 is 2.00 bits per heavy atom. The van der Waals surface area contributed by atoms with Gasteiger partial charge in [-0.05, 0) is 33.0 Å². The van der Waals surface area contributed by atoms with E-state index in [0.29, 0.717) is 0 Å². The Morgan fingerprint density at radius 3 is 2.46 bits per heavy atom. The Morgan fingerprint density at radius 1 is 1.46 bits per heavy atom. The summed E-state index contributed by atoms with van der Waals surface area (Å²) < 4.78 is 27.7. The lowest BCUT2D eigenvalue weighted by molar-refractivity contribution is -0.144. The molecule has 0 atom stereocenters. The molecule has 1 rings (SSSR count). The molecule has 1 saturated heterocycles. The molecule has 2 N–H and O–H groups in total. The second-order valence-electron chi connectivity index (χ2n) is 3.74. The molecule has 0 spiro atoms. The van der Waals surface area contributed by atoms with Gasteiger partial charge in [0.1, 0.15) is 0 Å². The molecule has 3 nitrogen and oxygen atoms in total. The van der Waals surface area contributed by atoms with Crippen molar-refractivity contribution in [1.29, 1.82) is 0 Å². The van der Waals surface area contributed by atoms with Gasteiger partial charge in [0.2, 0.25) is 0 Å². The summed E-state index contributed by atoms with van der Waals surface area (Å²) in [4.78, 5) is 2.13. The van der Waals surface area contributed by atoms with Crippen LogP contribution >= 0.6 is 0 Å². The second-order valence-corrected chi connectivity index (χ2v) is 3.74. The van der Waals surface area contributed by atoms with Gasteiger partial charge >= 0.3 is 6.61 Å². The highest BCUT2D eigenvalue weighted by Crippen LogP contribution is 2.19. The predicted octanol–water partition coefficient (Wildman–Crippen LogP) is 0.649. The third-order valence-electron chi connectivity index (χ3n) is 2.48. The molecule has 0 unspecified atom stereocenters. The summed E-state index contributed by atoms with van der Waals surface area (Å²) in [5, 5.41) is 0. The number of rotatable bonds is 3. The third-order valence-corrected chi connectivity index (χ3v) is 2.48. The zero-order valence-electron chi connectivity index (χ0n) is 7.80. The van der Waals surface area contributed by atoms with Gasteiger partial charge in [-0.2, -0.15) is 8.78 Å². The molecule has 0 radical (unpaired) electrons. The zero-order chi connectivity index (χ0) is 9.90. The van der Waals surface area contributed by atoms with Crippen molar-refractivity contribution >= 4 is 0 Å². The van der Waals surface area contributed by atoms with Gasteiger partial charge in [-0.25, -0.2) is 0 Å². The number of hydrogen-bond donors (Lipinski definition) is 1. The number of ether oxygens (including phenoxy) is 1. The highest BCUT2D eigenvalue weighted by molar-refractivity contribution is 4.89. The first-order valence-corrected chi connectivity index (χ1v) is 4.39. The monoisotopic (exact) mass is 194 g/mol. The van der Waals surface area contributed by atoms with Crippen LogP contribution in [0.25, 0.3) is 0 Å². The number of nitrogens with two attached hydrogens (primary N) is 1. The number of piperidine rings is 1. The smallest absolute Gasteiger partial charge is 0.323 e. The van der Waals surface area contributed by atoms with Gasteiger partial charge in [-0.1, -0.05) is 0 Å². The maximum Gasteiger partial charge on any atom is 0.345 e. The first-order chi connectivity index (χ1) is 6.02. The van der Waals surface area contributed by atoms with E-state index >= 15 is 0 Å². The molecule has 1 fully saturated rings. The number of hydrogen-bond acceptors (Lipinski definition) is 3. The van der Waals surface area contributed by atoms with E-state index in [0.717, 1.165) is 25.9 Å². The number of likely N-dealkylation sites (tertiary alicyclic amines) is 1. The van der Waals surface area contributed by atoms with Crippen LogP contribution in [0.2, 0.25) is 0 Å². The van der Waals surface area contributed by atoms with E-state index in [4.69, 9.17) is 5.73 Å². The average molecular weight is 194 g/mol. The molecule has 0 saturated carbocycles. The van der Waals surface area contributed by atoms with E-state index < -0.39 is 12.2 Å². The van der Waals surface area contributed by atoms with Crippen molar-refractivity contribution in [3.8, 4) is 0 Å². The van der Waals surface area contributed by atoms with E-state index in [-0.39, 0.29) is 6.61 Å². The predicted molar refractivity (Wildman–Crippen MR) is 45.6 cm³/mol. The van der Waals surface area contributed by atoms with Crippen LogP contribution in [0.3, 0.4) is 0 Å². The van der Waals surface area contributed by atoms with Crippen molar-refractivity contribution in [2.75, 3.05) is 26.7 Å². The lowest BCUT2D eigenvalue weighted by Crippen LogP contribution is -2.52. The highest BCUT2D eigenvalue weighted by atomic mass is 19.3. The maximum atomic E-state index is 11.7. The highest BCUT2D eigenvalue weighted by Gasteiger charge is 2.30. The SMILES string of the molecule is CN1CCC(N)(COC(F)F)CC1. The molecule has 13 heavy (non-hydrogen) atoms. The molecule has 5 heteroatoms. The summed E-state index contributed by atoms with van der Waals surface area (Å²) in [7, 11) is 1.99. The Balaban J connectivity index is 2.30. The van der Waals surface area contributed by atoms with Crippen molar-refractivity contribution in [3.63, 3.8) is 0 Å². The van der Waals surface area contributed by atoms with Crippen molar-refractivity contribution in [2.45, 2.75) is 25.0 Å². The van der Waals surface area contributed by atoms with Crippen LogP contribution in [-0.4, -0.2) is 43.8 Å². The second kappa shape index (κ2) is 4.30. The first-order valence-electron chi connectivity index (χ1n) is 4.39. The third kappa shape index (κ3) is 3.54. The molecular formula is C8H16F2N2O. The molecule has 78 valence electrons. The molecule has 1 heterocycles. The van der Waals surface area contributed by atoms with E-state index in [1.807, 2.05) is 7.05 Å². The molecule has 1 aliphatic rings. The molecule has 0 aromatic heterocycles. The Labute approximate surface area is 76.8 Å². The minimum atomic E-state index is -2.71. The van der Waals surface area contributed by atoms with E-state index in [1.54, 1.807) is 0 Å². The van der Waals surface area contributed by atoms with Gasteiger partial charge in [0.25, 0.3) is 0 Å². The quantitative estimate of drug-likeness (QED) is 0.717. The Kier molecular flexibility index (Phi) is 3.58. The summed E-state index contributed by atoms with van der Waals surface area (Å²) in [5.74, 6) is 0. The fourth-order valence-electron chi connectivity index (χ4n) is 1.44. The maximum absolute atomic E-state index is 11.7. The summed E-state index contributed by atoms with van der Waals surface area (Å²) in [6.45, 7) is -1.05. The minimum absolute atomic E-state index is 0.0431. The van der Waals surface area contributed by atoms with Crippen molar-refractivity contribution in [1.82, 2.24) is 4.90 Å². The summed E-state index contributed by atoms with van der Waals surface area (Å²) in [6.07, 6.45) is 1.44. The van der Waals surface area contributed by atoms with Gasteiger partial charge in [0.05, 0.1) is 6.61 Å². The topological polar surface area (TPSA) is 38.5 Å². The van der Waals surface area contributed by atoms with Crippen LogP contribution in [-0.2, 0) is 4.74 Å². The van der Waals surface area contributed by atoms with E-state index in [2.05, 4.69) is 9.64 Å². The largest absolute Gasteiger partial charge is 0.345 e. The fraction of sp³-hybridized carbons (Fsp3) is 1.00. The van der Waals surface area contributed by atoms with E-state index in [9.17, 15) is 8.78 Å². The van der Waals surface area contributed by atoms with Gasteiger partial charge in [-0.3, -0.25) is 0 Å². The molecular weight excluding hydrogens is 178 g/mol. The lowest BCUT2D eigenvalue weighted by atomic mass is 9.90. The van der Waals surface area contributed by atoms with Gasteiger partial charge in [-0.15, -0.1) is 0 Å². The Bertz CT molecular complexity index is 158. The first kappa shape index (κ1) is 10.8. The summed E-state index contributed by atoms with van der Waals surface area (Å²) >= 11 is 0. The molecule has 0 aromatic rings. The van der Waals surface area contributed by atoms with Gasteiger partial charge in [0.15, 0.2) is 0 Å². The van der Waals surface area contributed by atoms with Gasteiger partial charge in [0, 0.05) is 5.54 Å². The summed E-state index contributed by atoms with van der Waals surface area (Å²) in [6, 6.07) is 0. The number of alkyl halides is 2. The van der Waals surface area contributed by atoms with Crippen molar-refractivity contribution in [3.05, 3.63) is 0 Å². The molecule has 0 aliphatic carbocycles. The average Bonchev–Trinajstić information content (AvgIpc) is 2.08. The van der Waals surface area contributed by atoms with Crippen LogP contribution in [0.1, 0.15) is 12.8 Å². The lowest BCUT2D eigenvalue weighted by Gasteiger charge is -2.37. The van der Waals surface area contributed by atoms with Crippen LogP contribution in [0.15, 0.2) is 0 Å². The molecule has 0 bridgehead atoms. The molecule has 0 amide bonds. The van der Waals surface area contributed by atoms with Crippen LogP contribution < -0.4 is 5.73 Å². The Hall–Kier alpha value is -0.260. The van der Waals surface area contributed by atoms with Crippen LogP contribution in [0.4, 0.5) is 8.78 Å². The zero-order valence-corrected chi connectivity index (χ0v) is 7.80. The van der Waals surface area contributed by atoms with E-state index in [1.165, 1.54) is 0 Å². The fourth-order valence-corrected chi connectivity index (χ4v) is 1.44. The van der Waals surface area contributed by atoms with Crippen LogP contribution in [0.5, 0.6) is 0 Å². The standard InChI is InChI=1S/C8H16F2N2O/c1-12-4-2-8(11,3-5-12)6-13-7(9)10/h7H,2-6,11H2,1H3. The molecule has 0 aromatic carbocycles. The number of halogens is 2. The molecule has 1 aliphatic heterocycles. The minimum Gasteiger partial charge on any atom is -0.323 e. The summed E-state index contributed by atoms with van der Waals surface area (Å²) in [5.41, 5.74) is 5.33. The van der Waals surface area contributed by atoms with Crippen molar-refractivity contribution < 1.29 is 13.5 Å². The van der Waals surface area contributed by atoms with Crippen molar-refractivity contribution in [2.24, 2.45) is 5.73 Å². The van der Waals surface area contributed by atoms with Crippen LogP contribution in [0, 0.1) is 0 Å². The normalized spacial score (nSPS) is 23.8.